The zero-order valence-electron chi connectivity index (χ0n) is 12.4. The molecule has 1 aromatic heterocycles. The fourth-order valence-electron chi connectivity index (χ4n) is 3.32. The molecule has 2 heterocycles. The van der Waals surface area contributed by atoms with E-state index < -0.39 is 5.97 Å². The zero-order valence-corrected chi connectivity index (χ0v) is 13.2. The van der Waals surface area contributed by atoms with Crippen LogP contribution in [0.3, 0.4) is 0 Å². The summed E-state index contributed by atoms with van der Waals surface area (Å²) in [6.45, 7) is 5.64. The van der Waals surface area contributed by atoms with Crippen molar-refractivity contribution in [1.29, 1.82) is 0 Å². The molecule has 0 bridgehead atoms. The van der Waals surface area contributed by atoms with Crippen LogP contribution in [0.5, 0.6) is 0 Å². The van der Waals surface area contributed by atoms with Crippen molar-refractivity contribution in [1.82, 2.24) is 4.90 Å². The largest absolute Gasteiger partial charge is 0.481 e. The maximum absolute atomic E-state index is 10.9. The number of thiophene rings is 1. The van der Waals surface area contributed by atoms with E-state index in [1.807, 2.05) is 11.3 Å². The Morgan fingerprint density at radius 3 is 2.90 bits per heavy atom. The van der Waals surface area contributed by atoms with Crippen LogP contribution in [-0.2, 0) is 4.79 Å². The Labute approximate surface area is 125 Å². The first-order valence-corrected chi connectivity index (χ1v) is 8.48. The molecule has 1 fully saturated rings. The first kappa shape index (κ1) is 15.5. The van der Waals surface area contributed by atoms with Gasteiger partial charge in [0.25, 0.3) is 0 Å². The maximum Gasteiger partial charge on any atom is 0.303 e. The van der Waals surface area contributed by atoms with Crippen molar-refractivity contribution in [2.45, 2.75) is 58.0 Å². The van der Waals surface area contributed by atoms with Crippen LogP contribution in [0.15, 0.2) is 17.5 Å². The molecule has 1 aliphatic rings. The zero-order chi connectivity index (χ0) is 14.5. The molecule has 0 spiro atoms. The molecule has 2 rings (SSSR count). The average molecular weight is 295 g/mol. The highest BCUT2D eigenvalue weighted by Crippen LogP contribution is 2.37. The van der Waals surface area contributed by atoms with Crippen molar-refractivity contribution >= 4 is 17.3 Å². The quantitative estimate of drug-likeness (QED) is 0.856. The molecule has 2 atom stereocenters. The van der Waals surface area contributed by atoms with Crippen LogP contribution in [0.25, 0.3) is 0 Å². The second kappa shape index (κ2) is 7.23. The van der Waals surface area contributed by atoms with Gasteiger partial charge in [0.1, 0.15) is 0 Å². The van der Waals surface area contributed by atoms with Crippen LogP contribution in [0.2, 0.25) is 0 Å². The van der Waals surface area contributed by atoms with Crippen LogP contribution in [-0.4, -0.2) is 28.6 Å². The molecule has 0 amide bonds. The number of carboxylic acids is 1. The van der Waals surface area contributed by atoms with E-state index in [0.717, 1.165) is 19.4 Å². The summed E-state index contributed by atoms with van der Waals surface area (Å²) in [4.78, 5) is 14.9. The second-order valence-corrected chi connectivity index (χ2v) is 7.00. The van der Waals surface area contributed by atoms with Gasteiger partial charge in [-0.2, -0.15) is 0 Å². The average Bonchev–Trinajstić information content (AvgIpc) is 2.91. The van der Waals surface area contributed by atoms with E-state index in [-0.39, 0.29) is 6.42 Å². The predicted octanol–water partition coefficient (Wildman–Crippen LogP) is 4.16. The van der Waals surface area contributed by atoms with Crippen molar-refractivity contribution in [3.8, 4) is 0 Å². The molecule has 1 N–H and O–H groups in total. The number of nitrogens with zero attached hydrogens (tertiary/aromatic N) is 1. The lowest BCUT2D eigenvalue weighted by atomic mass is 9.91. The van der Waals surface area contributed by atoms with Gasteiger partial charge in [0.05, 0.1) is 0 Å². The first-order chi connectivity index (χ1) is 9.59. The van der Waals surface area contributed by atoms with E-state index in [4.69, 9.17) is 5.11 Å². The molecule has 4 heteroatoms. The monoisotopic (exact) mass is 295 g/mol. The van der Waals surface area contributed by atoms with E-state index in [9.17, 15) is 4.79 Å². The Kier molecular flexibility index (Phi) is 5.61. The number of rotatable bonds is 6. The van der Waals surface area contributed by atoms with Gasteiger partial charge in [-0.15, -0.1) is 11.3 Å². The lowest BCUT2D eigenvalue weighted by molar-refractivity contribution is -0.137. The molecule has 20 heavy (non-hydrogen) atoms. The van der Waals surface area contributed by atoms with Gasteiger partial charge >= 0.3 is 5.97 Å². The topological polar surface area (TPSA) is 40.5 Å². The standard InChI is InChI=1S/C16H25NO2S/c1-12(2)16(14-7-5-11-20-14)17-10-4-3-6-13(17)8-9-15(18)19/h5,7,11-13,16H,3-4,6,8-10H2,1-2H3,(H,18,19). The van der Waals surface area contributed by atoms with Crippen molar-refractivity contribution < 1.29 is 9.90 Å². The van der Waals surface area contributed by atoms with E-state index in [1.54, 1.807) is 0 Å². The lowest BCUT2D eigenvalue weighted by Crippen LogP contribution is -2.43. The number of carbonyl (C=O) groups is 1. The number of piperidine rings is 1. The molecule has 3 nitrogen and oxygen atoms in total. The smallest absolute Gasteiger partial charge is 0.303 e. The Hall–Kier alpha value is -0.870. The van der Waals surface area contributed by atoms with Crippen LogP contribution in [0.4, 0.5) is 0 Å². The van der Waals surface area contributed by atoms with E-state index in [1.165, 1.54) is 17.7 Å². The Bertz CT molecular complexity index is 416. The van der Waals surface area contributed by atoms with Crippen molar-refractivity contribution in [3.05, 3.63) is 22.4 Å². The third-order valence-electron chi connectivity index (χ3n) is 4.19. The van der Waals surface area contributed by atoms with Gasteiger partial charge in [-0.1, -0.05) is 26.3 Å². The van der Waals surface area contributed by atoms with Gasteiger partial charge in [0, 0.05) is 23.4 Å². The molecule has 0 radical (unpaired) electrons. The summed E-state index contributed by atoms with van der Waals surface area (Å²) in [6, 6.07) is 5.20. The summed E-state index contributed by atoms with van der Waals surface area (Å²) in [5, 5.41) is 11.1. The second-order valence-electron chi connectivity index (χ2n) is 6.02. The Balaban J connectivity index is 2.13. The molecule has 2 unspecified atom stereocenters. The lowest BCUT2D eigenvalue weighted by Gasteiger charge is -2.42. The number of aliphatic carboxylic acids is 1. The third kappa shape index (κ3) is 3.83. The van der Waals surface area contributed by atoms with Gasteiger partial charge in [0.15, 0.2) is 0 Å². The van der Waals surface area contributed by atoms with E-state index >= 15 is 0 Å². The maximum atomic E-state index is 10.9. The van der Waals surface area contributed by atoms with Crippen LogP contribution in [0.1, 0.15) is 56.9 Å². The number of hydrogen-bond acceptors (Lipinski definition) is 3. The van der Waals surface area contributed by atoms with Crippen molar-refractivity contribution in [3.63, 3.8) is 0 Å². The van der Waals surface area contributed by atoms with Crippen LogP contribution >= 0.6 is 11.3 Å². The molecular weight excluding hydrogens is 270 g/mol. The highest BCUT2D eigenvalue weighted by atomic mass is 32.1. The molecule has 0 aromatic carbocycles. The van der Waals surface area contributed by atoms with Gasteiger partial charge in [0.2, 0.25) is 0 Å². The van der Waals surface area contributed by atoms with Crippen LogP contribution in [0, 0.1) is 5.92 Å². The molecule has 112 valence electrons. The van der Waals surface area contributed by atoms with Crippen molar-refractivity contribution in [2.75, 3.05) is 6.54 Å². The summed E-state index contributed by atoms with van der Waals surface area (Å²) in [5.74, 6) is -0.119. The number of carboxylic acid groups (broad SMARTS) is 1. The van der Waals surface area contributed by atoms with E-state index in [2.05, 4.69) is 36.3 Å². The minimum Gasteiger partial charge on any atom is -0.481 e. The summed E-state index contributed by atoms with van der Waals surface area (Å²) in [6.07, 6.45) is 4.68. The molecule has 0 aliphatic carbocycles. The molecule has 1 aromatic rings. The summed E-state index contributed by atoms with van der Waals surface area (Å²) < 4.78 is 0. The highest BCUT2D eigenvalue weighted by molar-refractivity contribution is 7.10. The van der Waals surface area contributed by atoms with Gasteiger partial charge < -0.3 is 5.11 Å². The third-order valence-corrected chi connectivity index (χ3v) is 5.13. The number of likely N-dealkylation sites (tertiary alicyclic amines) is 1. The minimum atomic E-state index is -0.673. The van der Waals surface area contributed by atoms with Gasteiger partial charge in [-0.05, 0) is 43.2 Å². The fraction of sp³-hybridized carbons (Fsp3) is 0.688. The Morgan fingerprint density at radius 1 is 1.50 bits per heavy atom. The SMILES string of the molecule is CC(C)C(c1cccs1)N1CCCCC1CCC(=O)O. The summed E-state index contributed by atoms with van der Waals surface area (Å²) >= 11 is 1.82. The molecular formula is C16H25NO2S. The van der Waals surface area contributed by atoms with Gasteiger partial charge in [-0.3, -0.25) is 9.69 Å². The van der Waals surface area contributed by atoms with Crippen molar-refractivity contribution in [2.24, 2.45) is 5.92 Å². The molecule has 1 saturated heterocycles. The fourth-order valence-corrected chi connectivity index (χ4v) is 4.34. The Morgan fingerprint density at radius 2 is 2.30 bits per heavy atom. The normalized spacial score (nSPS) is 22.1. The summed E-state index contributed by atoms with van der Waals surface area (Å²) in [5.41, 5.74) is 0. The molecule has 1 aliphatic heterocycles. The van der Waals surface area contributed by atoms with E-state index in [0.29, 0.717) is 18.0 Å². The van der Waals surface area contributed by atoms with Gasteiger partial charge in [-0.25, -0.2) is 0 Å². The minimum absolute atomic E-state index is 0.288. The predicted molar refractivity (Wildman–Crippen MR) is 83.1 cm³/mol. The number of hydrogen-bond donors (Lipinski definition) is 1. The van der Waals surface area contributed by atoms with Crippen LogP contribution < -0.4 is 0 Å². The molecule has 0 saturated carbocycles. The summed E-state index contributed by atoms with van der Waals surface area (Å²) in [7, 11) is 0. The highest BCUT2D eigenvalue weighted by Gasteiger charge is 2.32. The first-order valence-electron chi connectivity index (χ1n) is 7.60.